The van der Waals surface area contributed by atoms with Crippen molar-refractivity contribution in [3.8, 4) is 11.4 Å². The van der Waals surface area contributed by atoms with E-state index in [4.69, 9.17) is 11.6 Å². The molecule has 0 saturated heterocycles. The third kappa shape index (κ3) is 1.70. The molecule has 13 heavy (non-hydrogen) atoms. The zero-order valence-electron chi connectivity index (χ0n) is 7.11. The molecule has 0 unspecified atom stereocenters. The van der Waals surface area contributed by atoms with Gasteiger partial charge in [0.2, 0.25) is 0 Å². The molecule has 0 amide bonds. The number of aryl methyl sites for hydroxylation is 1. The molecule has 0 saturated carbocycles. The largest absolute Gasteiger partial charge is 0.275 e. The van der Waals surface area contributed by atoms with Crippen molar-refractivity contribution in [1.29, 1.82) is 0 Å². The van der Waals surface area contributed by atoms with Crippen LogP contribution < -0.4 is 0 Å². The van der Waals surface area contributed by atoms with E-state index in [9.17, 15) is 0 Å². The molecule has 0 atom stereocenters. The average Bonchev–Trinajstić information content (AvgIpc) is 2.52. The van der Waals surface area contributed by atoms with Gasteiger partial charge in [-0.1, -0.05) is 11.6 Å². The molecular weight excluding hydrogens is 186 g/mol. The van der Waals surface area contributed by atoms with E-state index in [0.717, 1.165) is 11.4 Å². The number of hydrogen-bond acceptors (Lipinski definition) is 2. The molecule has 0 bridgehead atoms. The molecule has 0 N–H and O–H groups in total. The highest BCUT2D eigenvalue weighted by Gasteiger charge is 2.01. The van der Waals surface area contributed by atoms with Crippen LogP contribution in [0.4, 0.5) is 0 Å². The van der Waals surface area contributed by atoms with Crippen LogP contribution in [0.2, 0.25) is 5.02 Å². The molecule has 0 aliphatic carbocycles. The standard InChI is InChI=1S/C9H8ClN3/c1-13-5-3-8(12-13)9-6-7(10)2-4-11-9/h2-6H,1H3. The van der Waals surface area contributed by atoms with Gasteiger partial charge in [0.05, 0.1) is 5.69 Å². The fourth-order valence-electron chi connectivity index (χ4n) is 1.10. The highest BCUT2D eigenvalue weighted by Crippen LogP contribution is 2.17. The summed E-state index contributed by atoms with van der Waals surface area (Å²) < 4.78 is 1.73. The first-order valence-electron chi connectivity index (χ1n) is 3.87. The lowest BCUT2D eigenvalue weighted by molar-refractivity contribution is 0.770. The third-order valence-corrected chi connectivity index (χ3v) is 1.93. The molecule has 2 aromatic heterocycles. The van der Waals surface area contributed by atoms with Gasteiger partial charge in [0.25, 0.3) is 0 Å². The minimum absolute atomic E-state index is 0.677. The molecular formula is C9H8ClN3. The van der Waals surface area contributed by atoms with Crippen LogP contribution in [0.25, 0.3) is 11.4 Å². The first kappa shape index (κ1) is 8.26. The van der Waals surface area contributed by atoms with Crippen molar-refractivity contribution in [1.82, 2.24) is 14.8 Å². The number of pyridine rings is 1. The van der Waals surface area contributed by atoms with Crippen molar-refractivity contribution in [2.24, 2.45) is 7.05 Å². The third-order valence-electron chi connectivity index (χ3n) is 1.70. The predicted molar refractivity (Wildman–Crippen MR) is 51.4 cm³/mol. The zero-order valence-corrected chi connectivity index (χ0v) is 7.86. The van der Waals surface area contributed by atoms with Gasteiger partial charge in [-0.05, 0) is 18.2 Å². The monoisotopic (exact) mass is 193 g/mol. The van der Waals surface area contributed by atoms with Crippen molar-refractivity contribution >= 4 is 11.6 Å². The summed E-state index contributed by atoms with van der Waals surface area (Å²) in [5.41, 5.74) is 1.64. The Balaban J connectivity index is 2.46. The lowest BCUT2D eigenvalue weighted by Crippen LogP contribution is -1.89. The summed E-state index contributed by atoms with van der Waals surface area (Å²) in [6, 6.07) is 5.44. The summed E-state index contributed by atoms with van der Waals surface area (Å²) in [6.45, 7) is 0. The molecule has 0 aliphatic rings. The summed E-state index contributed by atoms with van der Waals surface area (Å²) in [5.74, 6) is 0. The lowest BCUT2D eigenvalue weighted by Gasteiger charge is -1.95. The van der Waals surface area contributed by atoms with Crippen LogP contribution in [0.5, 0.6) is 0 Å². The Labute approximate surface area is 81.0 Å². The second-order valence-electron chi connectivity index (χ2n) is 2.73. The average molecular weight is 194 g/mol. The minimum Gasteiger partial charge on any atom is -0.275 e. The van der Waals surface area contributed by atoms with Crippen molar-refractivity contribution in [3.63, 3.8) is 0 Å². The van der Waals surface area contributed by atoms with Gasteiger partial charge in [-0.2, -0.15) is 5.10 Å². The van der Waals surface area contributed by atoms with Crippen molar-refractivity contribution in [2.75, 3.05) is 0 Å². The van der Waals surface area contributed by atoms with Gasteiger partial charge >= 0.3 is 0 Å². The van der Waals surface area contributed by atoms with Crippen LogP contribution in [0, 0.1) is 0 Å². The number of aromatic nitrogens is 3. The number of halogens is 1. The van der Waals surface area contributed by atoms with Crippen molar-refractivity contribution < 1.29 is 0 Å². The van der Waals surface area contributed by atoms with Gasteiger partial charge in [-0.3, -0.25) is 9.67 Å². The van der Waals surface area contributed by atoms with Crippen molar-refractivity contribution in [3.05, 3.63) is 35.6 Å². The van der Waals surface area contributed by atoms with E-state index in [-0.39, 0.29) is 0 Å². The highest BCUT2D eigenvalue weighted by molar-refractivity contribution is 6.30. The van der Waals surface area contributed by atoms with Crippen LogP contribution >= 0.6 is 11.6 Å². The second-order valence-corrected chi connectivity index (χ2v) is 3.17. The molecule has 3 nitrogen and oxygen atoms in total. The van der Waals surface area contributed by atoms with E-state index in [1.54, 1.807) is 23.0 Å². The summed E-state index contributed by atoms with van der Waals surface area (Å²) >= 11 is 5.83. The van der Waals surface area contributed by atoms with Crippen LogP contribution in [0.1, 0.15) is 0 Å². The zero-order chi connectivity index (χ0) is 9.26. The lowest BCUT2D eigenvalue weighted by atomic mass is 10.3. The Morgan fingerprint density at radius 3 is 2.77 bits per heavy atom. The molecule has 2 heterocycles. The van der Waals surface area contributed by atoms with Gasteiger partial charge in [-0.15, -0.1) is 0 Å². The maximum Gasteiger partial charge on any atom is 0.111 e. The van der Waals surface area contributed by atoms with E-state index in [2.05, 4.69) is 10.1 Å². The second kappa shape index (κ2) is 3.18. The fraction of sp³-hybridized carbons (Fsp3) is 0.111. The van der Waals surface area contributed by atoms with E-state index in [0.29, 0.717) is 5.02 Å². The molecule has 0 radical (unpaired) electrons. The summed E-state index contributed by atoms with van der Waals surface area (Å²) in [5, 5.41) is 4.89. The van der Waals surface area contributed by atoms with Crippen LogP contribution in [0.15, 0.2) is 30.6 Å². The Morgan fingerprint density at radius 1 is 1.31 bits per heavy atom. The highest BCUT2D eigenvalue weighted by atomic mass is 35.5. The van der Waals surface area contributed by atoms with Gasteiger partial charge < -0.3 is 0 Å². The van der Waals surface area contributed by atoms with E-state index < -0.39 is 0 Å². The van der Waals surface area contributed by atoms with Gasteiger partial charge in [0.15, 0.2) is 0 Å². The van der Waals surface area contributed by atoms with Crippen LogP contribution in [-0.2, 0) is 7.05 Å². The molecule has 0 aliphatic heterocycles. The van der Waals surface area contributed by atoms with E-state index in [1.165, 1.54) is 0 Å². The first-order chi connectivity index (χ1) is 6.25. The van der Waals surface area contributed by atoms with Crippen molar-refractivity contribution in [2.45, 2.75) is 0 Å². The first-order valence-corrected chi connectivity index (χ1v) is 4.25. The fourth-order valence-corrected chi connectivity index (χ4v) is 1.26. The topological polar surface area (TPSA) is 30.7 Å². The molecule has 2 aromatic rings. The van der Waals surface area contributed by atoms with Gasteiger partial charge in [-0.25, -0.2) is 0 Å². The maximum atomic E-state index is 5.83. The molecule has 0 fully saturated rings. The van der Waals surface area contributed by atoms with Gasteiger partial charge in [0.1, 0.15) is 5.69 Å². The molecule has 4 heteroatoms. The molecule has 0 aromatic carbocycles. The summed E-state index contributed by atoms with van der Waals surface area (Å²) in [7, 11) is 1.87. The molecule has 0 spiro atoms. The Kier molecular flexibility index (Phi) is 2.02. The SMILES string of the molecule is Cn1ccc(-c2cc(Cl)ccn2)n1. The quantitative estimate of drug-likeness (QED) is 0.695. The predicted octanol–water partition coefficient (Wildman–Crippen LogP) is 2.14. The smallest absolute Gasteiger partial charge is 0.111 e. The Hall–Kier alpha value is -1.35. The van der Waals surface area contributed by atoms with E-state index >= 15 is 0 Å². The Morgan fingerprint density at radius 2 is 2.15 bits per heavy atom. The van der Waals surface area contributed by atoms with Crippen LogP contribution in [-0.4, -0.2) is 14.8 Å². The minimum atomic E-state index is 0.677. The number of hydrogen-bond donors (Lipinski definition) is 0. The summed E-state index contributed by atoms with van der Waals surface area (Å²) in [6.07, 6.45) is 3.55. The van der Waals surface area contributed by atoms with Gasteiger partial charge in [0, 0.05) is 24.5 Å². The van der Waals surface area contributed by atoms with Crippen LogP contribution in [0.3, 0.4) is 0 Å². The summed E-state index contributed by atoms with van der Waals surface area (Å²) in [4.78, 5) is 4.16. The molecule has 2 rings (SSSR count). The number of nitrogens with zero attached hydrogens (tertiary/aromatic N) is 3. The molecule has 66 valence electrons. The Bertz CT molecular complexity index is 422. The maximum absolute atomic E-state index is 5.83. The number of rotatable bonds is 1. The normalized spacial score (nSPS) is 10.3. The van der Waals surface area contributed by atoms with E-state index in [1.807, 2.05) is 19.3 Å².